The van der Waals surface area contributed by atoms with Crippen LogP contribution in [0.1, 0.15) is 11.1 Å². The molecular weight excluding hydrogens is 402 g/mol. The minimum Gasteiger partial charge on any atom is -0.489 e. The third kappa shape index (κ3) is 4.21. The van der Waals surface area contributed by atoms with E-state index in [4.69, 9.17) is 16.3 Å². The zero-order valence-corrected chi connectivity index (χ0v) is 17.8. The number of halogens is 1. The molecule has 152 valence electrons. The second-order valence-corrected chi connectivity index (χ2v) is 8.00. The maximum atomic E-state index is 6.26. The van der Waals surface area contributed by atoms with Crippen molar-refractivity contribution < 1.29 is 4.74 Å². The highest BCUT2D eigenvalue weighted by molar-refractivity contribution is 6.30. The highest BCUT2D eigenvalue weighted by Gasteiger charge is 2.10. The van der Waals surface area contributed by atoms with E-state index in [9.17, 15) is 0 Å². The van der Waals surface area contributed by atoms with Crippen molar-refractivity contribution in [3.63, 3.8) is 0 Å². The fourth-order valence-electron chi connectivity index (χ4n) is 3.98. The van der Waals surface area contributed by atoms with Gasteiger partial charge in [-0.1, -0.05) is 90.5 Å². The normalized spacial score (nSPS) is 11.0. The van der Waals surface area contributed by atoms with Crippen molar-refractivity contribution in [2.45, 2.75) is 13.2 Å². The van der Waals surface area contributed by atoms with Gasteiger partial charge in [0.1, 0.15) is 12.4 Å². The van der Waals surface area contributed by atoms with Crippen molar-refractivity contribution in [2.24, 2.45) is 0 Å². The average molecular weight is 424 g/mol. The Morgan fingerprint density at radius 3 is 2.23 bits per heavy atom. The molecule has 0 radical (unpaired) electrons. The van der Waals surface area contributed by atoms with Gasteiger partial charge in [-0.15, -0.1) is 0 Å². The summed E-state index contributed by atoms with van der Waals surface area (Å²) in [5, 5.41) is 9.20. The van der Waals surface area contributed by atoms with Crippen LogP contribution in [-0.2, 0) is 13.2 Å². The molecule has 5 aromatic rings. The summed E-state index contributed by atoms with van der Waals surface area (Å²) < 4.78 is 6.26. The Morgan fingerprint density at radius 2 is 1.39 bits per heavy atom. The van der Waals surface area contributed by atoms with Crippen molar-refractivity contribution in [1.82, 2.24) is 0 Å². The van der Waals surface area contributed by atoms with Crippen molar-refractivity contribution in [3.8, 4) is 5.75 Å². The lowest BCUT2D eigenvalue weighted by atomic mass is 10.0. The molecule has 5 rings (SSSR count). The van der Waals surface area contributed by atoms with Crippen LogP contribution in [0, 0.1) is 0 Å². The summed E-state index contributed by atoms with van der Waals surface area (Å²) in [6.45, 7) is 1.14. The van der Waals surface area contributed by atoms with E-state index in [2.05, 4.69) is 84.2 Å². The number of ether oxygens (including phenoxy) is 1. The molecule has 0 heterocycles. The molecule has 31 heavy (non-hydrogen) atoms. The molecule has 0 unspecified atom stereocenters. The topological polar surface area (TPSA) is 21.3 Å². The van der Waals surface area contributed by atoms with Crippen molar-refractivity contribution >= 4 is 38.8 Å². The van der Waals surface area contributed by atoms with Crippen LogP contribution in [-0.4, -0.2) is 0 Å². The van der Waals surface area contributed by atoms with E-state index in [-0.39, 0.29) is 0 Å². The lowest BCUT2D eigenvalue weighted by Crippen LogP contribution is -2.05. The molecule has 0 bridgehead atoms. The van der Waals surface area contributed by atoms with Gasteiger partial charge >= 0.3 is 0 Å². The molecule has 5 aromatic carbocycles. The Kier molecular flexibility index (Phi) is 5.47. The summed E-state index contributed by atoms with van der Waals surface area (Å²) in [6.07, 6.45) is 0. The van der Waals surface area contributed by atoms with Crippen molar-refractivity contribution in [1.29, 1.82) is 0 Å². The van der Waals surface area contributed by atoms with E-state index >= 15 is 0 Å². The van der Waals surface area contributed by atoms with Gasteiger partial charge in [0.25, 0.3) is 0 Å². The molecule has 0 aliphatic carbocycles. The number of hydrogen-bond acceptors (Lipinski definition) is 2. The number of hydrogen-bond donors (Lipinski definition) is 1. The number of rotatable bonds is 6. The number of benzene rings is 5. The van der Waals surface area contributed by atoms with Gasteiger partial charge in [0.15, 0.2) is 0 Å². The van der Waals surface area contributed by atoms with Crippen LogP contribution in [0.15, 0.2) is 103 Å². The van der Waals surface area contributed by atoms with Crippen LogP contribution in [0.2, 0.25) is 5.02 Å². The molecule has 0 aliphatic rings. The third-order valence-corrected chi connectivity index (χ3v) is 5.76. The summed E-state index contributed by atoms with van der Waals surface area (Å²) in [5.41, 5.74) is 3.31. The van der Waals surface area contributed by atoms with Crippen LogP contribution in [0.3, 0.4) is 0 Å². The highest BCUT2D eigenvalue weighted by Crippen LogP contribution is 2.31. The monoisotopic (exact) mass is 423 g/mol. The van der Waals surface area contributed by atoms with Gasteiger partial charge in [-0.3, -0.25) is 0 Å². The van der Waals surface area contributed by atoms with Crippen molar-refractivity contribution in [2.75, 3.05) is 5.32 Å². The number of nitrogens with one attached hydrogen (secondary N) is 1. The molecule has 2 nitrogen and oxygen atoms in total. The molecule has 0 aliphatic heterocycles. The summed E-state index contributed by atoms with van der Waals surface area (Å²) in [7, 11) is 0. The van der Waals surface area contributed by atoms with Gasteiger partial charge in [0.05, 0.1) is 0 Å². The van der Waals surface area contributed by atoms with E-state index in [1.807, 2.05) is 24.3 Å². The smallest absolute Gasteiger partial charge is 0.125 e. The molecule has 3 heteroatoms. The highest BCUT2D eigenvalue weighted by atomic mass is 35.5. The Morgan fingerprint density at radius 1 is 0.677 bits per heavy atom. The number of anilines is 1. The van der Waals surface area contributed by atoms with Gasteiger partial charge in [-0.2, -0.15) is 0 Å². The molecule has 0 aromatic heterocycles. The molecule has 0 saturated heterocycles. The maximum Gasteiger partial charge on any atom is 0.125 e. The lowest BCUT2D eigenvalue weighted by Gasteiger charge is -2.17. The fourth-order valence-corrected chi connectivity index (χ4v) is 4.20. The van der Waals surface area contributed by atoms with Crippen LogP contribution in [0.5, 0.6) is 5.75 Å². The zero-order chi connectivity index (χ0) is 21.0. The molecule has 1 N–H and O–H groups in total. The molecule has 0 spiro atoms. The Labute approximate surface area is 187 Å². The number of fused-ring (bicyclic) bond motifs is 2. The first-order chi connectivity index (χ1) is 15.3. The summed E-state index contributed by atoms with van der Waals surface area (Å²) in [4.78, 5) is 0. The first-order valence-electron chi connectivity index (χ1n) is 10.4. The summed E-state index contributed by atoms with van der Waals surface area (Å²) in [5.74, 6) is 0.881. The van der Waals surface area contributed by atoms with Gasteiger partial charge in [-0.25, -0.2) is 0 Å². The predicted molar refractivity (Wildman–Crippen MR) is 131 cm³/mol. The Balaban J connectivity index is 1.47. The first-order valence-corrected chi connectivity index (χ1v) is 10.8. The van der Waals surface area contributed by atoms with Gasteiger partial charge in [-0.05, 0) is 46.0 Å². The van der Waals surface area contributed by atoms with E-state index < -0.39 is 0 Å². The fraction of sp³-hybridized carbons (Fsp3) is 0.0714. The predicted octanol–water partition coefficient (Wildman–Crippen LogP) is 7.84. The Bertz CT molecular complexity index is 1360. The SMILES string of the molecule is Clc1cccc(COc2ccc3ccccc3c2CNc2cccc3ccccc23)c1. The quantitative estimate of drug-likeness (QED) is 0.300. The standard InChI is InChI=1S/C28H22ClNO/c29-23-11-5-7-20(17-23)19-31-28-16-15-22-9-1-3-12-24(22)26(28)18-30-27-14-6-10-21-8-2-4-13-25(21)27/h1-17,30H,18-19H2. The second-order valence-electron chi connectivity index (χ2n) is 7.56. The first kappa shape index (κ1) is 19.5. The molecule has 0 atom stereocenters. The van der Waals surface area contributed by atoms with E-state index in [1.54, 1.807) is 0 Å². The van der Waals surface area contributed by atoms with Crippen LogP contribution in [0.4, 0.5) is 5.69 Å². The molecular formula is C28H22ClNO. The molecule has 0 saturated carbocycles. The van der Waals surface area contributed by atoms with E-state index in [0.717, 1.165) is 27.6 Å². The zero-order valence-electron chi connectivity index (χ0n) is 17.0. The van der Waals surface area contributed by atoms with Gasteiger partial charge in [0, 0.05) is 28.2 Å². The maximum absolute atomic E-state index is 6.26. The largest absolute Gasteiger partial charge is 0.489 e. The summed E-state index contributed by atoms with van der Waals surface area (Å²) in [6, 6.07) is 35.2. The summed E-state index contributed by atoms with van der Waals surface area (Å²) >= 11 is 6.14. The van der Waals surface area contributed by atoms with Gasteiger partial charge < -0.3 is 10.1 Å². The average Bonchev–Trinajstić information content (AvgIpc) is 2.81. The van der Waals surface area contributed by atoms with Crippen LogP contribution >= 0.6 is 11.6 Å². The van der Waals surface area contributed by atoms with E-state index in [0.29, 0.717) is 13.2 Å². The minimum atomic E-state index is 0.472. The van der Waals surface area contributed by atoms with E-state index in [1.165, 1.54) is 21.5 Å². The van der Waals surface area contributed by atoms with Crippen molar-refractivity contribution in [3.05, 3.63) is 119 Å². The van der Waals surface area contributed by atoms with Gasteiger partial charge in [0.2, 0.25) is 0 Å². The molecule has 0 amide bonds. The minimum absolute atomic E-state index is 0.472. The third-order valence-electron chi connectivity index (χ3n) is 5.53. The second kappa shape index (κ2) is 8.71. The lowest BCUT2D eigenvalue weighted by molar-refractivity contribution is 0.304. The molecule has 0 fully saturated rings. The Hall–Kier alpha value is -3.49. The van der Waals surface area contributed by atoms with Crippen LogP contribution in [0.25, 0.3) is 21.5 Å². The van der Waals surface area contributed by atoms with Crippen LogP contribution < -0.4 is 10.1 Å².